The molecule has 0 bridgehead atoms. The van der Waals surface area contributed by atoms with Crippen molar-refractivity contribution in [2.24, 2.45) is 34.4 Å². The van der Waals surface area contributed by atoms with Gasteiger partial charge in [0.05, 0.1) is 0 Å². The van der Waals surface area contributed by atoms with Crippen LogP contribution in [0.4, 0.5) is 0 Å². The van der Waals surface area contributed by atoms with Crippen molar-refractivity contribution in [1.82, 2.24) is 5.32 Å². The van der Waals surface area contributed by atoms with E-state index in [0.717, 1.165) is 13.1 Å². The number of hydrogen-bond acceptors (Lipinski definition) is 1. The first-order chi connectivity index (χ1) is 7.34. The topological polar surface area (TPSA) is 50.4 Å². The molecule has 0 aliphatic heterocycles. The molecule has 0 aromatic carbocycles. The summed E-state index contributed by atoms with van der Waals surface area (Å²) in [5.74, 6) is 3.13. The Labute approximate surface area is 101 Å². The molecule has 0 fully saturated rings. The molecule has 0 radical (unpaired) electrons. The van der Waals surface area contributed by atoms with Gasteiger partial charge >= 0.3 is 0 Å². The molecule has 0 amide bonds. The van der Waals surface area contributed by atoms with E-state index in [9.17, 15) is 0 Å². The van der Waals surface area contributed by atoms with Gasteiger partial charge in [-0.3, -0.25) is 4.99 Å². The Bertz CT molecular complexity index is 199. The van der Waals surface area contributed by atoms with Crippen molar-refractivity contribution in [3.8, 4) is 0 Å². The van der Waals surface area contributed by atoms with Crippen LogP contribution in [0.5, 0.6) is 0 Å². The lowest BCUT2D eigenvalue weighted by atomic mass is 9.85. The monoisotopic (exact) mass is 227 g/mol. The third-order valence-electron chi connectivity index (χ3n) is 2.86. The van der Waals surface area contributed by atoms with Gasteiger partial charge in [-0.25, -0.2) is 0 Å². The zero-order chi connectivity index (χ0) is 12.7. The van der Waals surface area contributed by atoms with Crippen molar-refractivity contribution in [2.75, 3.05) is 13.1 Å². The number of aliphatic imine (C=N–C) groups is 1. The van der Waals surface area contributed by atoms with E-state index < -0.39 is 0 Å². The van der Waals surface area contributed by atoms with Gasteiger partial charge in [-0.15, -0.1) is 0 Å². The summed E-state index contributed by atoms with van der Waals surface area (Å²) in [4.78, 5) is 4.30. The molecule has 0 aromatic heterocycles. The summed E-state index contributed by atoms with van der Waals surface area (Å²) in [5.41, 5.74) is 5.81. The third kappa shape index (κ3) is 6.70. The van der Waals surface area contributed by atoms with Crippen LogP contribution in [0, 0.1) is 23.7 Å². The molecule has 0 aliphatic rings. The molecular weight excluding hydrogens is 198 g/mol. The van der Waals surface area contributed by atoms with Crippen LogP contribution in [0.15, 0.2) is 4.99 Å². The average Bonchev–Trinajstić information content (AvgIpc) is 2.13. The molecule has 0 atom stereocenters. The van der Waals surface area contributed by atoms with Gasteiger partial charge in [0.1, 0.15) is 0 Å². The molecule has 3 N–H and O–H groups in total. The zero-order valence-electron chi connectivity index (χ0n) is 11.7. The van der Waals surface area contributed by atoms with Gasteiger partial charge < -0.3 is 11.1 Å². The predicted octanol–water partition coefficient (Wildman–Crippen LogP) is 2.47. The van der Waals surface area contributed by atoms with Crippen LogP contribution in [0.2, 0.25) is 0 Å². The first-order valence-corrected chi connectivity index (χ1v) is 6.38. The molecule has 0 unspecified atom stereocenters. The zero-order valence-corrected chi connectivity index (χ0v) is 11.7. The lowest BCUT2D eigenvalue weighted by molar-refractivity contribution is 0.288. The van der Waals surface area contributed by atoms with Crippen LogP contribution < -0.4 is 11.1 Å². The number of guanidine groups is 1. The van der Waals surface area contributed by atoms with Crippen LogP contribution in [-0.4, -0.2) is 19.0 Å². The SMILES string of the molecule is CC(C)CN=C(N)NCC(C(C)C)C(C)C. The standard InChI is InChI=1S/C13H29N3/c1-9(2)7-15-13(14)16-8-12(10(3)4)11(5)6/h9-12H,7-8H2,1-6H3,(H3,14,15,16). The molecule has 0 rings (SSSR count). The minimum atomic E-state index is 0.561. The summed E-state index contributed by atoms with van der Waals surface area (Å²) in [7, 11) is 0. The van der Waals surface area contributed by atoms with Gasteiger partial charge in [0.15, 0.2) is 5.96 Å². The highest BCUT2D eigenvalue weighted by Crippen LogP contribution is 2.19. The van der Waals surface area contributed by atoms with E-state index in [1.54, 1.807) is 0 Å². The van der Waals surface area contributed by atoms with Gasteiger partial charge in [0, 0.05) is 13.1 Å². The first-order valence-electron chi connectivity index (χ1n) is 6.38. The first kappa shape index (κ1) is 15.3. The maximum absolute atomic E-state index is 5.81. The summed E-state index contributed by atoms with van der Waals surface area (Å²) in [5, 5.41) is 3.23. The number of nitrogens with zero attached hydrogens (tertiary/aromatic N) is 1. The van der Waals surface area contributed by atoms with Crippen molar-refractivity contribution in [2.45, 2.75) is 41.5 Å². The normalized spacial score (nSPS) is 13.2. The molecule has 96 valence electrons. The Morgan fingerprint density at radius 1 is 1.06 bits per heavy atom. The second-order valence-electron chi connectivity index (χ2n) is 5.65. The molecular formula is C13H29N3. The maximum Gasteiger partial charge on any atom is 0.188 e. The number of nitrogens with two attached hydrogens (primary N) is 1. The van der Waals surface area contributed by atoms with Gasteiger partial charge in [-0.1, -0.05) is 41.5 Å². The molecule has 3 heteroatoms. The average molecular weight is 227 g/mol. The molecule has 0 heterocycles. The fourth-order valence-corrected chi connectivity index (χ4v) is 1.80. The summed E-state index contributed by atoms with van der Waals surface area (Å²) in [6, 6.07) is 0. The van der Waals surface area contributed by atoms with E-state index >= 15 is 0 Å². The highest BCUT2D eigenvalue weighted by molar-refractivity contribution is 5.77. The summed E-state index contributed by atoms with van der Waals surface area (Å²) < 4.78 is 0. The molecule has 0 aliphatic carbocycles. The molecule has 0 saturated carbocycles. The molecule has 3 nitrogen and oxygen atoms in total. The summed E-state index contributed by atoms with van der Waals surface area (Å²) in [6.07, 6.45) is 0. The minimum absolute atomic E-state index is 0.561. The van der Waals surface area contributed by atoms with Crippen LogP contribution in [0.25, 0.3) is 0 Å². The van der Waals surface area contributed by atoms with Gasteiger partial charge in [-0.05, 0) is 23.7 Å². The largest absolute Gasteiger partial charge is 0.370 e. The van der Waals surface area contributed by atoms with E-state index in [-0.39, 0.29) is 0 Å². The number of nitrogens with one attached hydrogen (secondary N) is 1. The molecule has 0 saturated heterocycles. The lowest BCUT2D eigenvalue weighted by Gasteiger charge is -2.25. The van der Waals surface area contributed by atoms with E-state index in [1.165, 1.54) is 0 Å². The van der Waals surface area contributed by atoms with Gasteiger partial charge in [0.25, 0.3) is 0 Å². The lowest BCUT2D eigenvalue weighted by Crippen LogP contribution is -2.38. The predicted molar refractivity (Wildman–Crippen MR) is 72.5 cm³/mol. The Kier molecular flexibility index (Phi) is 7.18. The second kappa shape index (κ2) is 7.53. The van der Waals surface area contributed by atoms with Crippen molar-refractivity contribution in [3.05, 3.63) is 0 Å². The van der Waals surface area contributed by atoms with Gasteiger partial charge in [0.2, 0.25) is 0 Å². The Morgan fingerprint density at radius 2 is 1.56 bits per heavy atom. The number of rotatable bonds is 6. The summed E-state index contributed by atoms with van der Waals surface area (Å²) in [6.45, 7) is 15.0. The van der Waals surface area contributed by atoms with Crippen molar-refractivity contribution < 1.29 is 0 Å². The third-order valence-corrected chi connectivity index (χ3v) is 2.86. The Morgan fingerprint density at radius 3 is 1.94 bits per heavy atom. The van der Waals surface area contributed by atoms with Gasteiger partial charge in [-0.2, -0.15) is 0 Å². The fourth-order valence-electron chi connectivity index (χ4n) is 1.80. The minimum Gasteiger partial charge on any atom is -0.370 e. The maximum atomic E-state index is 5.81. The Hall–Kier alpha value is -0.730. The quantitative estimate of drug-likeness (QED) is 0.541. The molecule has 0 aromatic rings. The van der Waals surface area contributed by atoms with Crippen molar-refractivity contribution in [3.63, 3.8) is 0 Å². The van der Waals surface area contributed by atoms with E-state index in [4.69, 9.17) is 5.73 Å². The van der Waals surface area contributed by atoms with E-state index in [2.05, 4.69) is 51.9 Å². The van der Waals surface area contributed by atoms with E-state index in [0.29, 0.717) is 29.6 Å². The second-order valence-corrected chi connectivity index (χ2v) is 5.65. The summed E-state index contributed by atoms with van der Waals surface area (Å²) >= 11 is 0. The van der Waals surface area contributed by atoms with Crippen LogP contribution in [-0.2, 0) is 0 Å². The molecule has 16 heavy (non-hydrogen) atoms. The molecule has 0 spiro atoms. The highest BCUT2D eigenvalue weighted by Gasteiger charge is 2.17. The number of hydrogen-bond donors (Lipinski definition) is 2. The van der Waals surface area contributed by atoms with Crippen LogP contribution in [0.1, 0.15) is 41.5 Å². The Balaban J connectivity index is 4.05. The van der Waals surface area contributed by atoms with Crippen LogP contribution in [0.3, 0.4) is 0 Å². The fraction of sp³-hybridized carbons (Fsp3) is 0.923. The smallest absolute Gasteiger partial charge is 0.188 e. The highest BCUT2D eigenvalue weighted by atomic mass is 15.1. The van der Waals surface area contributed by atoms with E-state index in [1.807, 2.05) is 0 Å². The van der Waals surface area contributed by atoms with Crippen molar-refractivity contribution >= 4 is 5.96 Å². The van der Waals surface area contributed by atoms with Crippen molar-refractivity contribution in [1.29, 1.82) is 0 Å². The van der Waals surface area contributed by atoms with Crippen LogP contribution >= 0.6 is 0 Å².